The van der Waals surface area contributed by atoms with Gasteiger partial charge < -0.3 is 10.6 Å². The highest BCUT2D eigenvalue weighted by atomic mass is 35.5. The Kier molecular flexibility index (Phi) is 10.8. The van der Waals surface area contributed by atoms with Gasteiger partial charge >= 0.3 is 6.18 Å². The summed E-state index contributed by atoms with van der Waals surface area (Å²) in [5.41, 5.74) is 0.243. The van der Waals surface area contributed by atoms with Crippen molar-refractivity contribution >= 4 is 30.7 Å². The number of benzene rings is 1. The molecule has 2 heterocycles. The number of piperidine rings is 1. The van der Waals surface area contributed by atoms with Gasteiger partial charge in [0.2, 0.25) is 5.91 Å². The van der Waals surface area contributed by atoms with E-state index in [4.69, 9.17) is 0 Å². The van der Waals surface area contributed by atoms with Crippen LogP contribution in [0.4, 0.5) is 13.2 Å². The standard InChI is InChI=1S/C20H28F3N3O.2ClH/c21-20(22,23)17-4-1-16(2-5-17)13-26-12-9-18(14-26)25-19(27)6-3-15-7-10-24-11-8-15;;/h1-2,4-5,15,18,24H,3,6-14H2,(H,25,27);2*1H. The Morgan fingerprint density at radius 2 is 1.76 bits per heavy atom. The second-order valence-corrected chi connectivity index (χ2v) is 7.71. The Morgan fingerprint density at radius 1 is 1.10 bits per heavy atom. The van der Waals surface area contributed by atoms with Gasteiger partial charge in [0.15, 0.2) is 0 Å². The molecule has 0 aromatic heterocycles. The zero-order chi connectivity index (χ0) is 19.3. The lowest BCUT2D eigenvalue weighted by Crippen LogP contribution is -2.37. The Bertz CT molecular complexity index is 622. The van der Waals surface area contributed by atoms with Crippen molar-refractivity contribution in [1.29, 1.82) is 0 Å². The number of carbonyl (C=O) groups is 1. The van der Waals surface area contributed by atoms with Gasteiger partial charge in [0.05, 0.1) is 5.56 Å². The summed E-state index contributed by atoms with van der Waals surface area (Å²) >= 11 is 0. The van der Waals surface area contributed by atoms with E-state index in [-0.39, 0.29) is 36.8 Å². The van der Waals surface area contributed by atoms with Crippen LogP contribution in [0.3, 0.4) is 0 Å². The molecule has 2 aliphatic heterocycles. The number of nitrogens with zero attached hydrogens (tertiary/aromatic N) is 1. The maximum atomic E-state index is 12.6. The average Bonchev–Trinajstić information content (AvgIpc) is 3.07. The van der Waals surface area contributed by atoms with Gasteiger partial charge in [-0.1, -0.05) is 12.1 Å². The molecule has 1 aromatic rings. The predicted octanol–water partition coefficient (Wildman–Crippen LogP) is 4.02. The molecule has 2 aliphatic rings. The van der Waals surface area contributed by atoms with Crippen molar-refractivity contribution in [3.63, 3.8) is 0 Å². The molecule has 0 aliphatic carbocycles. The van der Waals surface area contributed by atoms with E-state index < -0.39 is 11.7 Å². The van der Waals surface area contributed by atoms with Gasteiger partial charge in [0, 0.05) is 32.1 Å². The molecule has 2 N–H and O–H groups in total. The number of likely N-dealkylation sites (tertiary alicyclic amines) is 1. The molecule has 1 aromatic carbocycles. The lowest BCUT2D eigenvalue weighted by molar-refractivity contribution is -0.137. The van der Waals surface area contributed by atoms with Crippen LogP contribution in [-0.2, 0) is 17.5 Å². The van der Waals surface area contributed by atoms with E-state index in [1.54, 1.807) is 0 Å². The molecule has 1 amide bonds. The fraction of sp³-hybridized carbons (Fsp3) is 0.650. The lowest BCUT2D eigenvalue weighted by atomic mass is 9.93. The summed E-state index contributed by atoms with van der Waals surface area (Å²) in [4.78, 5) is 14.4. The highest BCUT2D eigenvalue weighted by Crippen LogP contribution is 2.29. The Hall–Kier alpha value is -1.02. The van der Waals surface area contributed by atoms with Crippen LogP contribution in [0.2, 0.25) is 0 Å². The van der Waals surface area contributed by atoms with Crippen LogP contribution < -0.4 is 10.6 Å². The molecule has 166 valence electrons. The molecule has 1 unspecified atom stereocenters. The normalized spacial score (nSPS) is 20.6. The molecule has 2 saturated heterocycles. The number of alkyl halides is 3. The quantitative estimate of drug-likeness (QED) is 0.680. The van der Waals surface area contributed by atoms with Crippen LogP contribution >= 0.6 is 24.8 Å². The molecule has 0 saturated carbocycles. The molecule has 0 radical (unpaired) electrons. The average molecular weight is 456 g/mol. The third-order valence-electron chi connectivity index (χ3n) is 5.56. The van der Waals surface area contributed by atoms with Gasteiger partial charge in [0.25, 0.3) is 0 Å². The SMILES string of the molecule is Cl.Cl.O=C(CCC1CCNCC1)NC1CCN(Cc2ccc(C(F)(F)F)cc2)C1. The Labute approximate surface area is 182 Å². The van der Waals surface area contributed by atoms with Crippen LogP contribution in [-0.4, -0.2) is 43.0 Å². The Morgan fingerprint density at radius 3 is 2.38 bits per heavy atom. The van der Waals surface area contributed by atoms with Gasteiger partial charge in [-0.3, -0.25) is 9.69 Å². The highest BCUT2D eigenvalue weighted by molar-refractivity contribution is 5.85. The van der Waals surface area contributed by atoms with E-state index in [1.165, 1.54) is 12.1 Å². The molecule has 9 heteroatoms. The molecular weight excluding hydrogens is 426 g/mol. The van der Waals surface area contributed by atoms with Gasteiger partial charge in [-0.2, -0.15) is 13.2 Å². The van der Waals surface area contributed by atoms with Gasteiger partial charge in [-0.25, -0.2) is 0 Å². The number of nitrogens with one attached hydrogen (secondary N) is 2. The fourth-order valence-corrected chi connectivity index (χ4v) is 3.96. The minimum Gasteiger partial charge on any atom is -0.352 e. The molecule has 0 spiro atoms. The number of amides is 1. The third kappa shape index (κ3) is 8.32. The number of carbonyl (C=O) groups excluding carboxylic acids is 1. The van der Waals surface area contributed by atoms with Crippen molar-refractivity contribution in [3.8, 4) is 0 Å². The first kappa shape index (κ1) is 26.0. The maximum absolute atomic E-state index is 12.6. The van der Waals surface area contributed by atoms with Crippen LogP contribution in [0.15, 0.2) is 24.3 Å². The van der Waals surface area contributed by atoms with E-state index in [0.29, 0.717) is 18.9 Å². The summed E-state index contributed by atoms with van der Waals surface area (Å²) in [5.74, 6) is 0.770. The molecule has 1 atom stereocenters. The summed E-state index contributed by atoms with van der Waals surface area (Å²) in [5, 5.41) is 6.45. The molecule has 4 nitrogen and oxygen atoms in total. The van der Waals surface area contributed by atoms with Crippen LogP contribution in [0.5, 0.6) is 0 Å². The van der Waals surface area contributed by atoms with Gasteiger partial charge in [-0.15, -0.1) is 24.8 Å². The molecule has 2 fully saturated rings. The predicted molar refractivity (Wildman–Crippen MR) is 113 cm³/mol. The van der Waals surface area contributed by atoms with Crippen LogP contribution in [0, 0.1) is 5.92 Å². The van der Waals surface area contributed by atoms with E-state index in [2.05, 4.69) is 15.5 Å². The third-order valence-corrected chi connectivity index (χ3v) is 5.56. The van der Waals surface area contributed by atoms with Crippen molar-refractivity contribution in [3.05, 3.63) is 35.4 Å². The lowest BCUT2D eigenvalue weighted by Gasteiger charge is -2.22. The molecule has 29 heavy (non-hydrogen) atoms. The van der Waals surface area contributed by atoms with E-state index >= 15 is 0 Å². The van der Waals surface area contributed by atoms with Crippen molar-refractivity contribution in [2.75, 3.05) is 26.2 Å². The highest BCUT2D eigenvalue weighted by Gasteiger charge is 2.30. The zero-order valence-corrected chi connectivity index (χ0v) is 18.0. The van der Waals surface area contributed by atoms with E-state index in [0.717, 1.165) is 69.6 Å². The van der Waals surface area contributed by atoms with Crippen molar-refractivity contribution in [1.82, 2.24) is 15.5 Å². The summed E-state index contributed by atoms with van der Waals surface area (Å²) in [6.07, 6.45) is 0.431. The second-order valence-electron chi connectivity index (χ2n) is 7.71. The van der Waals surface area contributed by atoms with Crippen molar-refractivity contribution in [2.45, 2.75) is 50.9 Å². The number of hydrogen-bond donors (Lipinski definition) is 2. The van der Waals surface area contributed by atoms with Crippen molar-refractivity contribution in [2.24, 2.45) is 5.92 Å². The van der Waals surface area contributed by atoms with E-state index in [1.807, 2.05) is 0 Å². The first-order chi connectivity index (χ1) is 12.9. The minimum atomic E-state index is -4.30. The van der Waals surface area contributed by atoms with Gasteiger partial charge in [0.1, 0.15) is 0 Å². The molecule has 3 rings (SSSR count). The fourth-order valence-electron chi connectivity index (χ4n) is 3.96. The first-order valence-corrected chi connectivity index (χ1v) is 9.79. The summed E-state index contributed by atoms with van der Waals surface area (Å²) in [6.45, 7) is 4.31. The molecule has 0 bridgehead atoms. The monoisotopic (exact) mass is 455 g/mol. The van der Waals surface area contributed by atoms with Crippen molar-refractivity contribution < 1.29 is 18.0 Å². The molecular formula is C20H30Cl2F3N3O. The summed E-state index contributed by atoms with van der Waals surface area (Å²) < 4.78 is 37.9. The smallest absolute Gasteiger partial charge is 0.352 e. The Balaban J connectivity index is 0.00000210. The topological polar surface area (TPSA) is 44.4 Å². The van der Waals surface area contributed by atoms with E-state index in [9.17, 15) is 18.0 Å². The van der Waals surface area contributed by atoms with Gasteiger partial charge in [-0.05, 0) is 62.4 Å². The summed E-state index contributed by atoms with van der Waals surface area (Å²) in [6, 6.07) is 5.47. The maximum Gasteiger partial charge on any atom is 0.416 e. The number of rotatable bonds is 6. The minimum absolute atomic E-state index is 0. The zero-order valence-electron chi connectivity index (χ0n) is 16.3. The second kappa shape index (κ2) is 12.0. The first-order valence-electron chi connectivity index (χ1n) is 9.79. The number of halogens is 5. The van der Waals surface area contributed by atoms with Crippen LogP contribution in [0.1, 0.15) is 43.2 Å². The van der Waals surface area contributed by atoms with Crippen LogP contribution in [0.25, 0.3) is 0 Å². The largest absolute Gasteiger partial charge is 0.416 e. The number of hydrogen-bond acceptors (Lipinski definition) is 3. The summed E-state index contributed by atoms with van der Waals surface area (Å²) in [7, 11) is 0.